The summed E-state index contributed by atoms with van der Waals surface area (Å²) in [5, 5.41) is 11.5. The monoisotopic (exact) mass is 212 g/mol. The molecule has 86 valence electrons. The second kappa shape index (κ2) is 6.45. The number of nitrogens with zero attached hydrogens (tertiary/aromatic N) is 1. The topological polar surface area (TPSA) is 52.6 Å². The molecule has 0 aliphatic heterocycles. The third-order valence-electron chi connectivity index (χ3n) is 2.45. The summed E-state index contributed by atoms with van der Waals surface area (Å²) in [5.74, 6) is 0. The second-order valence-corrected chi connectivity index (χ2v) is 3.83. The minimum absolute atomic E-state index is 0.00432. The number of hydrogen-bond acceptors (Lipinski definition) is 2. The molecule has 0 saturated heterocycles. The molecule has 15 heavy (non-hydrogen) atoms. The quantitative estimate of drug-likeness (QED) is 0.491. The van der Waals surface area contributed by atoms with Crippen LogP contribution in [0.3, 0.4) is 0 Å². The maximum atomic E-state index is 11.7. The smallest absolute Gasteiger partial charge is 0.317 e. The minimum atomic E-state index is -0.00432. The maximum Gasteiger partial charge on any atom is 0.317 e. The molecule has 0 aromatic rings. The van der Waals surface area contributed by atoms with Gasteiger partial charge in [0.05, 0.1) is 0 Å². The highest BCUT2D eigenvalue weighted by Crippen LogP contribution is 2.26. The fraction of sp³-hybridized carbons (Fsp3) is 0.727. The molecule has 2 amide bonds. The van der Waals surface area contributed by atoms with Crippen LogP contribution in [0, 0.1) is 0 Å². The van der Waals surface area contributed by atoms with E-state index >= 15 is 0 Å². The first-order valence-electron chi connectivity index (χ1n) is 5.55. The summed E-state index contributed by atoms with van der Waals surface area (Å²) in [6.45, 7) is 5.02. The van der Waals surface area contributed by atoms with E-state index in [4.69, 9.17) is 5.11 Å². The lowest BCUT2D eigenvalue weighted by molar-refractivity contribution is 0.191. The molecule has 1 rings (SSSR count). The molecule has 1 aliphatic rings. The molecule has 0 aromatic carbocycles. The lowest BCUT2D eigenvalue weighted by atomic mass is 10.3. The fourth-order valence-electron chi connectivity index (χ4n) is 1.49. The van der Waals surface area contributed by atoms with E-state index in [1.165, 1.54) is 0 Å². The van der Waals surface area contributed by atoms with E-state index in [-0.39, 0.29) is 12.6 Å². The van der Waals surface area contributed by atoms with Crippen LogP contribution in [0.1, 0.15) is 25.7 Å². The highest BCUT2D eigenvalue weighted by Gasteiger charge is 2.31. The van der Waals surface area contributed by atoms with Crippen molar-refractivity contribution in [1.82, 2.24) is 10.2 Å². The van der Waals surface area contributed by atoms with E-state index in [0.717, 1.165) is 32.2 Å². The zero-order valence-corrected chi connectivity index (χ0v) is 9.11. The van der Waals surface area contributed by atoms with E-state index < -0.39 is 0 Å². The lowest BCUT2D eigenvalue weighted by Crippen LogP contribution is -2.42. The van der Waals surface area contributed by atoms with Crippen molar-refractivity contribution in [3.05, 3.63) is 12.7 Å². The molecular formula is C11H20N2O2. The molecule has 0 unspecified atom stereocenters. The first-order valence-corrected chi connectivity index (χ1v) is 5.55. The number of hydrogen-bond donors (Lipinski definition) is 2. The summed E-state index contributed by atoms with van der Waals surface area (Å²) in [6, 6.07) is 0.420. The maximum absolute atomic E-state index is 11.7. The predicted octanol–water partition coefficient (Wildman–Crippen LogP) is 1.12. The lowest BCUT2D eigenvalue weighted by Gasteiger charge is -2.22. The van der Waals surface area contributed by atoms with Gasteiger partial charge in [0.1, 0.15) is 0 Å². The number of amides is 2. The Hall–Kier alpha value is -1.03. The standard InChI is InChI=1S/C11H20N2O2/c1-2-7-12-11(15)13(10-5-6-10)8-3-4-9-14/h2,10,14H,1,3-9H2,(H,12,15). The Morgan fingerprint density at radius 2 is 2.27 bits per heavy atom. The SMILES string of the molecule is C=CCNC(=O)N(CCCCO)C1CC1. The van der Waals surface area contributed by atoms with Gasteiger partial charge >= 0.3 is 6.03 Å². The van der Waals surface area contributed by atoms with Crippen LogP contribution >= 0.6 is 0 Å². The van der Waals surface area contributed by atoms with Crippen molar-refractivity contribution in [2.75, 3.05) is 19.7 Å². The van der Waals surface area contributed by atoms with Gasteiger partial charge in [0, 0.05) is 25.7 Å². The van der Waals surface area contributed by atoms with Crippen LogP contribution in [-0.4, -0.2) is 41.8 Å². The van der Waals surface area contributed by atoms with Gasteiger partial charge in [0.25, 0.3) is 0 Å². The zero-order valence-electron chi connectivity index (χ0n) is 9.11. The molecule has 0 radical (unpaired) electrons. The summed E-state index contributed by atoms with van der Waals surface area (Å²) in [6.07, 6.45) is 5.53. The van der Waals surface area contributed by atoms with Gasteiger partial charge in [-0.05, 0) is 25.7 Å². The first-order chi connectivity index (χ1) is 7.29. The molecule has 1 fully saturated rings. The van der Waals surface area contributed by atoms with Gasteiger partial charge < -0.3 is 15.3 Å². The van der Waals surface area contributed by atoms with Crippen molar-refractivity contribution in [1.29, 1.82) is 0 Å². The molecule has 0 aromatic heterocycles. The Kier molecular flexibility index (Phi) is 5.18. The van der Waals surface area contributed by atoms with Gasteiger partial charge in [-0.3, -0.25) is 0 Å². The van der Waals surface area contributed by atoms with Crippen molar-refractivity contribution >= 4 is 6.03 Å². The van der Waals surface area contributed by atoms with Crippen LogP contribution in [0.4, 0.5) is 4.79 Å². The minimum Gasteiger partial charge on any atom is -0.396 e. The molecule has 0 heterocycles. The summed E-state index contributed by atoms with van der Waals surface area (Å²) in [7, 11) is 0. The molecule has 2 N–H and O–H groups in total. The van der Waals surface area contributed by atoms with Crippen molar-refractivity contribution < 1.29 is 9.90 Å². The zero-order chi connectivity index (χ0) is 11.1. The van der Waals surface area contributed by atoms with E-state index in [1.54, 1.807) is 6.08 Å². The summed E-state index contributed by atoms with van der Waals surface area (Å²) >= 11 is 0. The third-order valence-corrected chi connectivity index (χ3v) is 2.45. The number of carbonyl (C=O) groups is 1. The molecule has 0 bridgehead atoms. The average molecular weight is 212 g/mol. The number of urea groups is 1. The number of rotatable bonds is 7. The van der Waals surface area contributed by atoms with E-state index in [1.807, 2.05) is 4.90 Å². The number of aliphatic hydroxyl groups is 1. The van der Waals surface area contributed by atoms with Gasteiger partial charge in [-0.1, -0.05) is 6.08 Å². The van der Waals surface area contributed by atoms with E-state index in [9.17, 15) is 4.79 Å². The van der Waals surface area contributed by atoms with Crippen molar-refractivity contribution in [2.45, 2.75) is 31.7 Å². The summed E-state index contributed by atoms with van der Waals surface area (Å²) in [5.41, 5.74) is 0. The largest absolute Gasteiger partial charge is 0.396 e. The van der Waals surface area contributed by atoms with Gasteiger partial charge in [-0.25, -0.2) is 4.79 Å². The molecule has 4 nitrogen and oxygen atoms in total. The number of aliphatic hydroxyl groups excluding tert-OH is 1. The molecule has 1 aliphatic carbocycles. The van der Waals surface area contributed by atoms with Crippen LogP contribution in [0.2, 0.25) is 0 Å². The van der Waals surface area contributed by atoms with Crippen LogP contribution in [0.5, 0.6) is 0 Å². The van der Waals surface area contributed by atoms with Gasteiger partial charge in [0.2, 0.25) is 0 Å². The molecule has 1 saturated carbocycles. The number of unbranched alkanes of at least 4 members (excludes halogenated alkanes) is 1. The third kappa shape index (κ3) is 4.34. The highest BCUT2D eigenvalue weighted by molar-refractivity contribution is 5.75. The molecular weight excluding hydrogens is 192 g/mol. The van der Waals surface area contributed by atoms with E-state index in [0.29, 0.717) is 12.6 Å². The molecule has 0 atom stereocenters. The van der Waals surface area contributed by atoms with Crippen LogP contribution in [-0.2, 0) is 0 Å². The van der Waals surface area contributed by atoms with Gasteiger partial charge in [-0.15, -0.1) is 6.58 Å². The average Bonchev–Trinajstić information content (AvgIpc) is 3.05. The van der Waals surface area contributed by atoms with Crippen LogP contribution in [0.15, 0.2) is 12.7 Å². The molecule has 4 heteroatoms. The van der Waals surface area contributed by atoms with Gasteiger partial charge in [0.15, 0.2) is 0 Å². The summed E-state index contributed by atoms with van der Waals surface area (Å²) in [4.78, 5) is 13.6. The fourth-order valence-corrected chi connectivity index (χ4v) is 1.49. The normalized spacial score (nSPS) is 14.7. The Morgan fingerprint density at radius 3 is 2.80 bits per heavy atom. The Morgan fingerprint density at radius 1 is 1.53 bits per heavy atom. The second-order valence-electron chi connectivity index (χ2n) is 3.83. The Labute approximate surface area is 91.0 Å². The summed E-state index contributed by atoms with van der Waals surface area (Å²) < 4.78 is 0. The Balaban J connectivity index is 2.28. The predicted molar refractivity (Wildman–Crippen MR) is 59.6 cm³/mol. The Bertz CT molecular complexity index is 215. The van der Waals surface area contributed by atoms with Crippen molar-refractivity contribution in [3.63, 3.8) is 0 Å². The van der Waals surface area contributed by atoms with E-state index in [2.05, 4.69) is 11.9 Å². The van der Waals surface area contributed by atoms with Crippen LogP contribution in [0.25, 0.3) is 0 Å². The number of carbonyl (C=O) groups excluding carboxylic acids is 1. The van der Waals surface area contributed by atoms with Crippen LogP contribution < -0.4 is 5.32 Å². The highest BCUT2D eigenvalue weighted by atomic mass is 16.3. The van der Waals surface area contributed by atoms with Gasteiger partial charge in [-0.2, -0.15) is 0 Å². The number of nitrogens with one attached hydrogen (secondary N) is 1. The van der Waals surface area contributed by atoms with Crippen molar-refractivity contribution in [2.24, 2.45) is 0 Å². The van der Waals surface area contributed by atoms with Crippen molar-refractivity contribution in [3.8, 4) is 0 Å². The molecule has 0 spiro atoms. The first kappa shape index (κ1) is 12.0.